The number of esters is 1. The van der Waals surface area contributed by atoms with Gasteiger partial charge in [0.05, 0.1) is 23.7 Å². The number of hydrogen-bond acceptors (Lipinski definition) is 6. The Morgan fingerprint density at radius 2 is 2.00 bits per heavy atom. The number of alkyl halides is 3. The fourth-order valence-electron chi connectivity index (χ4n) is 1.66. The molecule has 23 heavy (non-hydrogen) atoms. The third kappa shape index (κ3) is 4.98. The standard InChI is InChI=1S/C14H13F3N2O3S/c1-2-21-12(20)8-23-7-11-18-13(19-22-11)9-3-5-10(6-4-9)14(15,16)17/h3-6H,2,7-8H2,1H3. The van der Waals surface area contributed by atoms with Crippen LogP contribution in [0.1, 0.15) is 18.4 Å². The Morgan fingerprint density at radius 1 is 1.30 bits per heavy atom. The molecular formula is C14H13F3N2O3S. The molecule has 124 valence electrons. The van der Waals surface area contributed by atoms with Gasteiger partial charge in [-0.05, 0) is 19.1 Å². The fourth-order valence-corrected chi connectivity index (χ4v) is 2.31. The minimum atomic E-state index is -4.38. The Balaban J connectivity index is 1.95. The van der Waals surface area contributed by atoms with E-state index >= 15 is 0 Å². The van der Waals surface area contributed by atoms with Crippen molar-refractivity contribution in [3.05, 3.63) is 35.7 Å². The lowest BCUT2D eigenvalue weighted by atomic mass is 10.1. The molecule has 0 aliphatic carbocycles. The van der Waals surface area contributed by atoms with Gasteiger partial charge in [0.1, 0.15) is 0 Å². The van der Waals surface area contributed by atoms with Crippen molar-refractivity contribution in [3.8, 4) is 11.4 Å². The highest BCUT2D eigenvalue weighted by Gasteiger charge is 2.30. The molecule has 0 saturated carbocycles. The maximum absolute atomic E-state index is 12.5. The van der Waals surface area contributed by atoms with E-state index in [9.17, 15) is 18.0 Å². The highest BCUT2D eigenvalue weighted by Crippen LogP contribution is 2.30. The van der Waals surface area contributed by atoms with Crippen LogP contribution in [0.3, 0.4) is 0 Å². The molecule has 0 fully saturated rings. The molecule has 0 aliphatic rings. The summed E-state index contributed by atoms with van der Waals surface area (Å²) in [7, 11) is 0. The fraction of sp³-hybridized carbons (Fsp3) is 0.357. The SMILES string of the molecule is CCOC(=O)CSCc1nc(-c2ccc(C(F)(F)F)cc2)no1. The van der Waals surface area contributed by atoms with Gasteiger partial charge in [0.15, 0.2) is 0 Å². The second kappa shape index (κ2) is 7.49. The summed E-state index contributed by atoms with van der Waals surface area (Å²) in [5, 5.41) is 3.72. The molecule has 0 radical (unpaired) electrons. The predicted octanol–water partition coefficient (Wildman–Crippen LogP) is 3.55. The average molecular weight is 346 g/mol. The molecule has 2 rings (SSSR count). The lowest BCUT2D eigenvalue weighted by molar-refractivity contribution is -0.140. The van der Waals surface area contributed by atoms with Gasteiger partial charge in [0, 0.05) is 5.56 Å². The van der Waals surface area contributed by atoms with Crippen LogP contribution in [0.25, 0.3) is 11.4 Å². The zero-order valence-electron chi connectivity index (χ0n) is 12.1. The average Bonchev–Trinajstić information content (AvgIpc) is 2.96. The number of carbonyl (C=O) groups is 1. The van der Waals surface area contributed by atoms with Crippen molar-refractivity contribution >= 4 is 17.7 Å². The van der Waals surface area contributed by atoms with Crippen LogP contribution < -0.4 is 0 Å². The van der Waals surface area contributed by atoms with Gasteiger partial charge in [-0.15, -0.1) is 11.8 Å². The van der Waals surface area contributed by atoms with Gasteiger partial charge in [-0.2, -0.15) is 18.2 Å². The Morgan fingerprint density at radius 3 is 2.61 bits per heavy atom. The zero-order chi connectivity index (χ0) is 16.9. The smallest absolute Gasteiger partial charge is 0.416 e. The maximum Gasteiger partial charge on any atom is 0.416 e. The number of halogens is 3. The molecule has 1 heterocycles. The van der Waals surface area contributed by atoms with Crippen LogP contribution in [0, 0.1) is 0 Å². The number of nitrogens with zero attached hydrogens (tertiary/aromatic N) is 2. The van der Waals surface area contributed by atoms with Crippen LogP contribution >= 0.6 is 11.8 Å². The van der Waals surface area contributed by atoms with Crippen molar-refractivity contribution in [3.63, 3.8) is 0 Å². The molecule has 1 aromatic heterocycles. The molecule has 0 amide bonds. The molecular weight excluding hydrogens is 333 g/mol. The van der Waals surface area contributed by atoms with Crippen LogP contribution in [-0.4, -0.2) is 28.5 Å². The van der Waals surface area contributed by atoms with Gasteiger partial charge in [-0.3, -0.25) is 4.79 Å². The zero-order valence-corrected chi connectivity index (χ0v) is 12.9. The third-order valence-electron chi connectivity index (χ3n) is 2.69. The van der Waals surface area contributed by atoms with E-state index in [4.69, 9.17) is 9.26 Å². The second-order valence-corrected chi connectivity index (χ2v) is 5.37. The minimum absolute atomic E-state index is 0.159. The molecule has 1 aromatic carbocycles. The van der Waals surface area contributed by atoms with Crippen molar-refractivity contribution in [2.45, 2.75) is 18.9 Å². The number of rotatable bonds is 6. The minimum Gasteiger partial charge on any atom is -0.465 e. The summed E-state index contributed by atoms with van der Waals surface area (Å²) in [5.74, 6) is 0.623. The number of carbonyl (C=O) groups excluding carboxylic acids is 1. The largest absolute Gasteiger partial charge is 0.465 e. The van der Waals surface area contributed by atoms with E-state index in [1.165, 1.54) is 23.9 Å². The van der Waals surface area contributed by atoms with Crippen LogP contribution in [0.4, 0.5) is 13.2 Å². The lowest BCUT2D eigenvalue weighted by Gasteiger charge is -2.05. The Hall–Kier alpha value is -2.03. The van der Waals surface area contributed by atoms with E-state index in [1.54, 1.807) is 6.92 Å². The monoisotopic (exact) mass is 346 g/mol. The van der Waals surface area contributed by atoms with E-state index in [0.29, 0.717) is 17.9 Å². The number of thioether (sulfide) groups is 1. The van der Waals surface area contributed by atoms with Crippen LogP contribution in [-0.2, 0) is 21.5 Å². The molecule has 0 unspecified atom stereocenters. The van der Waals surface area contributed by atoms with E-state index in [-0.39, 0.29) is 23.4 Å². The molecule has 2 aromatic rings. The summed E-state index contributed by atoms with van der Waals surface area (Å²) < 4.78 is 47.3. The van der Waals surface area contributed by atoms with Crippen molar-refractivity contribution in [1.82, 2.24) is 10.1 Å². The van der Waals surface area contributed by atoms with Gasteiger partial charge in [0.2, 0.25) is 11.7 Å². The molecule has 0 N–H and O–H groups in total. The van der Waals surface area contributed by atoms with Crippen molar-refractivity contribution in [2.75, 3.05) is 12.4 Å². The topological polar surface area (TPSA) is 65.2 Å². The van der Waals surface area contributed by atoms with Gasteiger partial charge >= 0.3 is 12.1 Å². The normalized spacial score (nSPS) is 11.5. The Labute approximate surface area is 134 Å². The van der Waals surface area contributed by atoms with Crippen LogP contribution in [0.5, 0.6) is 0 Å². The van der Waals surface area contributed by atoms with Gasteiger partial charge in [-0.1, -0.05) is 17.3 Å². The van der Waals surface area contributed by atoms with Crippen LogP contribution in [0.2, 0.25) is 0 Å². The summed E-state index contributed by atoms with van der Waals surface area (Å²) in [6.45, 7) is 2.04. The first-order chi connectivity index (χ1) is 10.9. The molecule has 0 spiro atoms. The van der Waals surface area contributed by atoms with Gasteiger partial charge in [0.25, 0.3) is 0 Å². The van der Waals surface area contributed by atoms with Gasteiger partial charge in [-0.25, -0.2) is 0 Å². The van der Waals surface area contributed by atoms with Crippen molar-refractivity contribution < 1.29 is 27.2 Å². The molecule has 5 nitrogen and oxygen atoms in total. The second-order valence-electron chi connectivity index (χ2n) is 4.38. The summed E-state index contributed by atoms with van der Waals surface area (Å²) in [6.07, 6.45) is -4.38. The Bertz CT molecular complexity index is 656. The first-order valence-corrected chi connectivity index (χ1v) is 7.79. The summed E-state index contributed by atoms with van der Waals surface area (Å²) in [6, 6.07) is 4.48. The predicted molar refractivity (Wildman–Crippen MR) is 77.5 cm³/mol. The van der Waals surface area contributed by atoms with E-state index < -0.39 is 11.7 Å². The lowest BCUT2D eigenvalue weighted by Crippen LogP contribution is -2.06. The van der Waals surface area contributed by atoms with E-state index in [2.05, 4.69) is 10.1 Å². The number of aromatic nitrogens is 2. The highest BCUT2D eigenvalue weighted by molar-refractivity contribution is 7.99. The summed E-state index contributed by atoms with van der Waals surface area (Å²) >= 11 is 1.25. The van der Waals surface area contributed by atoms with E-state index in [0.717, 1.165) is 12.1 Å². The molecule has 0 aliphatic heterocycles. The van der Waals surface area contributed by atoms with Crippen molar-refractivity contribution in [1.29, 1.82) is 0 Å². The Kier molecular flexibility index (Phi) is 5.64. The number of benzene rings is 1. The van der Waals surface area contributed by atoms with Crippen LogP contribution in [0.15, 0.2) is 28.8 Å². The van der Waals surface area contributed by atoms with E-state index in [1.807, 2.05) is 0 Å². The quantitative estimate of drug-likeness (QED) is 0.745. The number of hydrogen-bond donors (Lipinski definition) is 0. The highest BCUT2D eigenvalue weighted by atomic mass is 32.2. The first kappa shape index (κ1) is 17.3. The first-order valence-electron chi connectivity index (χ1n) is 6.63. The van der Waals surface area contributed by atoms with Crippen molar-refractivity contribution in [2.24, 2.45) is 0 Å². The maximum atomic E-state index is 12.5. The molecule has 0 atom stereocenters. The molecule has 9 heteroatoms. The number of ether oxygens (including phenoxy) is 1. The summed E-state index contributed by atoms with van der Waals surface area (Å²) in [4.78, 5) is 15.3. The van der Waals surface area contributed by atoms with Gasteiger partial charge < -0.3 is 9.26 Å². The summed E-state index contributed by atoms with van der Waals surface area (Å²) in [5.41, 5.74) is -0.321. The third-order valence-corrected chi connectivity index (χ3v) is 3.58. The molecule has 0 saturated heterocycles. The molecule has 0 bridgehead atoms.